The summed E-state index contributed by atoms with van der Waals surface area (Å²) in [6, 6.07) is 12.7. The number of nitrogens with zero attached hydrogens (tertiary/aromatic N) is 3. The van der Waals surface area contributed by atoms with E-state index in [1.54, 1.807) is 6.08 Å². The van der Waals surface area contributed by atoms with Crippen molar-refractivity contribution in [3.05, 3.63) is 66.0 Å². The molecule has 4 rings (SSSR count). The zero-order valence-corrected chi connectivity index (χ0v) is 18.3. The van der Waals surface area contributed by atoms with Gasteiger partial charge in [0.1, 0.15) is 5.75 Å². The van der Waals surface area contributed by atoms with Crippen molar-refractivity contribution in [1.82, 2.24) is 9.88 Å². The maximum Gasteiger partial charge on any atom is 0.251 e. The smallest absolute Gasteiger partial charge is 0.251 e. The van der Waals surface area contributed by atoms with E-state index in [0.717, 1.165) is 43.1 Å². The van der Waals surface area contributed by atoms with Crippen molar-refractivity contribution in [1.29, 1.82) is 0 Å². The highest BCUT2D eigenvalue weighted by molar-refractivity contribution is 6.06. The van der Waals surface area contributed by atoms with Crippen molar-refractivity contribution in [2.45, 2.75) is 64.8 Å². The topological polar surface area (TPSA) is 45.7 Å². The number of hydrogen-bond donors (Lipinski definition) is 0. The lowest BCUT2D eigenvalue weighted by molar-refractivity contribution is -0.114. The molecule has 0 aliphatic carbocycles. The van der Waals surface area contributed by atoms with E-state index in [2.05, 4.69) is 41.1 Å². The summed E-state index contributed by atoms with van der Waals surface area (Å²) in [5.41, 5.74) is 2.84. The van der Waals surface area contributed by atoms with Crippen LogP contribution in [-0.4, -0.2) is 40.0 Å². The fraction of sp³-hybridized carbons (Fsp3) is 0.440. The van der Waals surface area contributed by atoms with Crippen LogP contribution < -0.4 is 9.64 Å². The number of pyridine rings is 1. The summed E-state index contributed by atoms with van der Waals surface area (Å²) < 4.78 is 5.85. The van der Waals surface area contributed by atoms with Gasteiger partial charge >= 0.3 is 0 Å². The third kappa shape index (κ3) is 4.12. The standard InChI is InChI=1S/C25H31N3O2/c1-18(2)30-23-7-5-6-21(14-23)17-27-13-12-25(15-20(27)4)11-10-24(29)28(25)22-9-8-19(3)26-16-22/h5-11,14,16,18,20H,12-13,15,17H2,1-4H3/t20-,25+/m0/s1. The maximum absolute atomic E-state index is 12.7. The molecule has 3 heterocycles. The summed E-state index contributed by atoms with van der Waals surface area (Å²) in [5.74, 6) is 0.978. The molecule has 2 atom stereocenters. The molecule has 1 aromatic carbocycles. The van der Waals surface area contributed by atoms with Crippen LogP contribution in [0.2, 0.25) is 0 Å². The molecule has 0 N–H and O–H groups in total. The molecule has 30 heavy (non-hydrogen) atoms. The number of ether oxygens (including phenoxy) is 1. The molecule has 5 nitrogen and oxygen atoms in total. The summed E-state index contributed by atoms with van der Waals surface area (Å²) in [7, 11) is 0. The molecule has 1 fully saturated rings. The van der Waals surface area contributed by atoms with Gasteiger partial charge < -0.3 is 4.74 Å². The van der Waals surface area contributed by atoms with E-state index in [-0.39, 0.29) is 17.6 Å². The molecule has 2 aliphatic heterocycles. The summed E-state index contributed by atoms with van der Waals surface area (Å²) in [6.45, 7) is 10.1. The first-order valence-electron chi connectivity index (χ1n) is 10.8. The third-order valence-corrected chi connectivity index (χ3v) is 6.12. The van der Waals surface area contributed by atoms with E-state index in [1.807, 2.05) is 50.1 Å². The second kappa shape index (κ2) is 8.23. The Hall–Kier alpha value is -2.66. The molecule has 2 aliphatic rings. The fourth-order valence-electron chi connectivity index (χ4n) is 4.69. The summed E-state index contributed by atoms with van der Waals surface area (Å²) >= 11 is 0. The number of benzene rings is 1. The van der Waals surface area contributed by atoms with Gasteiger partial charge in [-0.1, -0.05) is 18.2 Å². The predicted molar refractivity (Wildman–Crippen MR) is 120 cm³/mol. The van der Waals surface area contributed by atoms with Gasteiger partial charge in [-0.15, -0.1) is 0 Å². The van der Waals surface area contributed by atoms with Crippen LogP contribution in [0.15, 0.2) is 54.7 Å². The maximum atomic E-state index is 12.7. The molecule has 1 spiro atoms. The van der Waals surface area contributed by atoms with Gasteiger partial charge in [-0.05, 0) is 70.4 Å². The normalized spacial score (nSPS) is 24.2. The number of carbonyl (C=O) groups excluding carboxylic acids is 1. The molecule has 1 saturated heterocycles. The van der Waals surface area contributed by atoms with Crippen LogP contribution in [0.5, 0.6) is 5.75 Å². The molecule has 5 heteroatoms. The highest BCUT2D eigenvalue weighted by Gasteiger charge is 2.46. The third-order valence-electron chi connectivity index (χ3n) is 6.12. The van der Waals surface area contributed by atoms with Crippen LogP contribution in [0.3, 0.4) is 0 Å². The zero-order chi connectivity index (χ0) is 21.3. The van der Waals surface area contributed by atoms with Gasteiger partial charge in [0.25, 0.3) is 5.91 Å². The van der Waals surface area contributed by atoms with Crippen molar-refractivity contribution in [2.75, 3.05) is 11.4 Å². The predicted octanol–water partition coefficient (Wildman–Crippen LogP) is 4.50. The van der Waals surface area contributed by atoms with E-state index >= 15 is 0 Å². The van der Waals surface area contributed by atoms with Crippen LogP contribution in [0.4, 0.5) is 5.69 Å². The van der Waals surface area contributed by atoms with Crippen LogP contribution in [0.1, 0.15) is 44.9 Å². The van der Waals surface area contributed by atoms with E-state index in [4.69, 9.17) is 4.74 Å². The average Bonchev–Trinajstić information content (AvgIpc) is 3.00. The first-order chi connectivity index (χ1) is 14.4. The van der Waals surface area contributed by atoms with E-state index in [9.17, 15) is 4.79 Å². The lowest BCUT2D eigenvalue weighted by atomic mass is 9.82. The number of likely N-dealkylation sites (tertiary alicyclic amines) is 1. The molecule has 0 unspecified atom stereocenters. The Bertz CT molecular complexity index is 938. The average molecular weight is 406 g/mol. The summed E-state index contributed by atoms with van der Waals surface area (Å²) in [6.07, 6.45) is 7.65. The lowest BCUT2D eigenvalue weighted by Crippen LogP contribution is -2.56. The number of piperidine rings is 1. The molecule has 2 aromatic rings. The Balaban J connectivity index is 1.49. The largest absolute Gasteiger partial charge is 0.491 e. The highest BCUT2D eigenvalue weighted by atomic mass is 16.5. The second-order valence-electron chi connectivity index (χ2n) is 8.86. The molecule has 1 amide bonds. The first-order valence-corrected chi connectivity index (χ1v) is 10.8. The Labute approximate surface area is 179 Å². The van der Waals surface area contributed by atoms with E-state index in [0.29, 0.717) is 6.04 Å². The SMILES string of the molecule is Cc1ccc(N2C(=O)C=C[C@]23CCN(Cc2cccc(OC(C)C)c2)[C@@H](C)C3)cn1. The Morgan fingerprint density at radius 2 is 2.10 bits per heavy atom. The molecular formula is C25H31N3O2. The lowest BCUT2D eigenvalue weighted by Gasteiger charge is -2.47. The van der Waals surface area contributed by atoms with Gasteiger partial charge in [0, 0.05) is 30.9 Å². The van der Waals surface area contributed by atoms with E-state index < -0.39 is 0 Å². The van der Waals surface area contributed by atoms with Gasteiger partial charge in [-0.25, -0.2) is 0 Å². The number of amides is 1. The number of aromatic nitrogens is 1. The monoisotopic (exact) mass is 405 g/mol. The molecule has 1 aromatic heterocycles. The molecule has 158 valence electrons. The van der Waals surface area contributed by atoms with Crippen molar-refractivity contribution in [3.63, 3.8) is 0 Å². The second-order valence-corrected chi connectivity index (χ2v) is 8.86. The molecular weight excluding hydrogens is 374 g/mol. The summed E-state index contributed by atoms with van der Waals surface area (Å²) in [4.78, 5) is 21.6. The zero-order valence-electron chi connectivity index (χ0n) is 18.3. The minimum Gasteiger partial charge on any atom is -0.491 e. The Kier molecular flexibility index (Phi) is 5.65. The number of anilines is 1. The quantitative estimate of drug-likeness (QED) is 0.735. The molecule has 0 saturated carbocycles. The number of hydrogen-bond acceptors (Lipinski definition) is 4. The Morgan fingerprint density at radius 1 is 1.27 bits per heavy atom. The van der Waals surface area contributed by atoms with Gasteiger partial charge in [-0.2, -0.15) is 0 Å². The first kappa shape index (κ1) is 20.6. The minimum absolute atomic E-state index is 0.0554. The van der Waals surface area contributed by atoms with Crippen LogP contribution in [0.25, 0.3) is 0 Å². The van der Waals surface area contributed by atoms with Crippen molar-refractivity contribution < 1.29 is 9.53 Å². The van der Waals surface area contributed by atoms with Crippen LogP contribution in [0, 0.1) is 6.92 Å². The van der Waals surface area contributed by atoms with E-state index in [1.165, 1.54) is 5.56 Å². The number of carbonyl (C=O) groups is 1. The highest BCUT2D eigenvalue weighted by Crippen LogP contribution is 2.40. The van der Waals surface area contributed by atoms with Gasteiger partial charge in [0.2, 0.25) is 0 Å². The molecule has 0 bridgehead atoms. The van der Waals surface area contributed by atoms with Crippen molar-refractivity contribution >= 4 is 11.6 Å². The summed E-state index contributed by atoms with van der Waals surface area (Å²) in [5, 5.41) is 0. The van der Waals surface area contributed by atoms with Gasteiger partial charge in [-0.3, -0.25) is 19.6 Å². The fourth-order valence-corrected chi connectivity index (χ4v) is 4.69. The number of rotatable bonds is 5. The number of aryl methyl sites for hydroxylation is 1. The van der Waals surface area contributed by atoms with Crippen molar-refractivity contribution in [2.24, 2.45) is 0 Å². The van der Waals surface area contributed by atoms with Crippen molar-refractivity contribution in [3.8, 4) is 5.75 Å². The van der Waals surface area contributed by atoms with Crippen LogP contribution in [-0.2, 0) is 11.3 Å². The van der Waals surface area contributed by atoms with Gasteiger partial charge in [0.05, 0.1) is 23.5 Å². The Morgan fingerprint density at radius 3 is 2.80 bits per heavy atom. The molecule has 0 radical (unpaired) electrons. The van der Waals surface area contributed by atoms with Gasteiger partial charge in [0.15, 0.2) is 0 Å². The minimum atomic E-state index is -0.257. The van der Waals surface area contributed by atoms with Crippen LogP contribution >= 0.6 is 0 Å².